The van der Waals surface area contributed by atoms with Crippen molar-refractivity contribution in [2.75, 3.05) is 31.1 Å². The number of hydrogen-bond donors (Lipinski definition) is 1. The number of nitrogens with one attached hydrogen (secondary N) is 1. The minimum Gasteiger partial charge on any atom is -0.355 e. The van der Waals surface area contributed by atoms with Crippen LogP contribution in [0.2, 0.25) is 0 Å². The number of amides is 1. The Kier molecular flexibility index (Phi) is 7.37. The molecule has 6 nitrogen and oxygen atoms in total. The molecule has 1 amide bonds. The number of piperidine rings is 1. The molecule has 1 aliphatic rings. The summed E-state index contributed by atoms with van der Waals surface area (Å²) in [6.07, 6.45) is 7.06. The average molecular weight is 382 g/mol. The Morgan fingerprint density at radius 1 is 1.21 bits per heavy atom. The van der Waals surface area contributed by atoms with Gasteiger partial charge in [-0.1, -0.05) is 38.1 Å². The molecule has 0 spiro atoms. The van der Waals surface area contributed by atoms with Crippen molar-refractivity contribution in [3.05, 3.63) is 54.0 Å². The van der Waals surface area contributed by atoms with E-state index in [1.807, 2.05) is 6.07 Å². The SMILES string of the molecule is CCN(CC)Cc1ccccc1CNC(=O)C1CCCN(c2cnccn2)C1. The van der Waals surface area contributed by atoms with Gasteiger partial charge in [0.15, 0.2) is 0 Å². The Bertz CT molecular complexity index is 748. The number of anilines is 1. The zero-order chi connectivity index (χ0) is 19.8. The highest BCUT2D eigenvalue weighted by atomic mass is 16.1. The van der Waals surface area contributed by atoms with Crippen molar-refractivity contribution >= 4 is 11.7 Å². The molecule has 150 valence electrons. The summed E-state index contributed by atoms with van der Waals surface area (Å²) in [7, 11) is 0. The van der Waals surface area contributed by atoms with E-state index in [0.29, 0.717) is 13.1 Å². The van der Waals surface area contributed by atoms with Gasteiger partial charge in [-0.2, -0.15) is 0 Å². The molecule has 0 radical (unpaired) electrons. The molecule has 1 aromatic carbocycles. The summed E-state index contributed by atoms with van der Waals surface area (Å²) in [6, 6.07) is 8.40. The van der Waals surface area contributed by atoms with Gasteiger partial charge in [0.2, 0.25) is 5.91 Å². The van der Waals surface area contributed by atoms with E-state index in [1.165, 1.54) is 11.1 Å². The molecule has 0 saturated carbocycles. The fourth-order valence-electron chi connectivity index (χ4n) is 3.75. The summed E-state index contributed by atoms with van der Waals surface area (Å²) in [5.74, 6) is 0.974. The fraction of sp³-hybridized carbons (Fsp3) is 0.500. The van der Waals surface area contributed by atoms with Crippen molar-refractivity contribution in [3.63, 3.8) is 0 Å². The maximum Gasteiger partial charge on any atom is 0.225 e. The minimum atomic E-state index is -0.00861. The summed E-state index contributed by atoms with van der Waals surface area (Å²) in [6.45, 7) is 9.54. The third-order valence-corrected chi connectivity index (χ3v) is 5.53. The van der Waals surface area contributed by atoms with E-state index in [4.69, 9.17) is 0 Å². The van der Waals surface area contributed by atoms with Crippen LogP contribution in [0, 0.1) is 5.92 Å². The summed E-state index contributed by atoms with van der Waals surface area (Å²) < 4.78 is 0. The second-order valence-corrected chi connectivity index (χ2v) is 7.30. The van der Waals surface area contributed by atoms with Crippen molar-refractivity contribution in [2.24, 2.45) is 5.92 Å². The molecule has 1 N–H and O–H groups in total. The van der Waals surface area contributed by atoms with Crippen molar-refractivity contribution in [1.82, 2.24) is 20.2 Å². The van der Waals surface area contributed by atoms with Gasteiger partial charge >= 0.3 is 0 Å². The van der Waals surface area contributed by atoms with Crippen LogP contribution in [-0.2, 0) is 17.9 Å². The second kappa shape index (κ2) is 10.2. The first kappa shape index (κ1) is 20.3. The predicted molar refractivity (Wildman–Crippen MR) is 112 cm³/mol. The van der Waals surface area contributed by atoms with Gasteiger partial charge in [0.05, 0.1) is 12.1 Å². The van der Waals surface area contributed by atoms with E-state index in [-0.39, 0.29) is 11.8 Å². The second-order valence-electron chi connectivity index (χ2n) is 7.30. The highest BCUT2D eigenvalue weighted by molar-refractivity contribution is 5.79. The van der Waals surface area contributed by atoms with Crippen LogP contribution in [0.25, 0.3) is 0 Å². The van der Waals surface area contributed by atoms with Crippen molar-refractivity contribution in [1.29, 1.82) is 0 Å². The molecule has 28 heavy (non-hydrogen) atoms. The molecule has 2 aromatic rings. The van der Waals surface area contributed by atoms with E-state index in [1.54, 1.807) is 18.6 Å². The van der Waals surface area contributed by atoms with Crippen LogP contribution in [0.5, 0.6) is 0 Å². The number of nitrogens with zero attached hydrogens (tertiary/aromatic N) is 4. The van der Waals surface area contributed by atoms with E-state index in [2.05, 4.69) is 57.1 Å². The van der Waals surface area contributed by atoms with Crippen LogP contribution in [0.4, 0.5) is 5.82 Å². The van der Waals surface area contributed by atoms with Gasteiger partial charge in [0.25, 0.3) is 0 Å². The number of rotatable bonds is 8. The largest absolute Gasteiger partial charge is 0.355 e. The topological polar surface area (TPSA) is 61.4 Å². The molecule has 1 atom stereocenters. The first-order chi connectivity index (χ1) is 13.7. The lowest BCUT2D eigenvalue weighted by atomic mass is 9.97. The number of hydrogen-bond acceptors (Lipinski definition) is 5. The van der Waals surface area contributed by atoms with Crippen LogP contribution in [0.3, 0.4) is 0 Å². The lowest BCUT2D eigenvalue weighted by Crippen LogP contribution is -2.43. The van der Waals surface area contributed by atoms with E-state index < -0.39 is 0 Å². The predicted octanol–water partition coefficient (Wildman–Crippen LogP) is 2.85. The molecule has 1 fully saturated rings. The van der Waals surface area contributed by atoms with Gasteiger partial charge in [-0.05, 0) is 37.1 Å². The number of benzene rings is 1. The molecule has 0 bridgehead atoms. The lowest BCUT2D eigenvalue weighted by Gasteiger charge is -2.32. The monoisotopic (exact) mass is 381 g/mol. The van der Waals surface area contributed by atoms with Gasteiger partial charge in [-0.3, -0.25) is 14.7 Å². The summed E-state index contributed by atoms with van der Waals surface area (Å²) in [5, 5.41) is 3.17. The molecular weight excluding hydrogens is 350 g/mol. The smallest absolute Gasteiger partial charge is 0.225 e. The Hall–Kier alpha value is -2.47. The van der Waals surface area contributed by atoms with Crippen LogP contribution in [-0.4, -0.2) is 47.0 Å². The highest BCUT2D eigenvalue weighted by Gasteiger charge is 2.26. The molecule has 2 heterocycles. The molecule has 1 aromatic heterocycles. The van der Waals surface area contributed by atoms with Gasteiger partial charge in [0, 0.05) is 38.6 Å². The summed E-state index contributed by atoms with van der Waals surface area (Å²) in [4.78, 5) is 25.9. The third kappa shape index (κ3) is 5.29. The van der Waals surface area contributed by atoms with Gasteiger partial charge in [-0.15, -0.1) is 0 Å². The van der Waals surface area contributed by atoms with E-state index in [0.717, 1.165) is 44.8 Å². The van der Waals surface area contributed by atoms with Crippen molar-refractivity contribution in [2.45, 2.75) is 39.8 Å². The Morgan fingerprint density at radius 3 is 2.71 bits per heavy atom. The van der Waals surface area contributed by atoms with Gasteiger partial charge in [0.1, 0.15) is 5.82 Å². The number of carbonyl (C=O) groups excluding carboxylic acids is 1. The van der Waals surface area contributed by atoms with Crippen LogP contribution >= 0.6 is 0 Å². The fourth-order valence-corrected chi connectivity index (χ4v) is 3.75. The minimum absolute atomic E-state index is 0.00861. The summed E-state index contributed by atoms with van der Waals surface area (Å²) in [5.41, 5.74) is 2.49. The standard InChI is InChI=1S/C22H31N5O/c1-3-26(4-2)16-19-9-6-5-8-18(19)14-25-22(28)20-10-7-13-27(17-20)21-15-23-11-12-24-21/h5-6,8-9,11-12,15,20H,3-4,7,10,13-14,16-17H2,1-2H3,(H,25,28). The first-order valence-electron chi connectivity index (χ1n) is 10.3. The van der Waals surface area contributed by atoms with E-state index in [9.17, 15) is 4.79 Å². The van der Waals surface area contributed by atoms with Crippen molar-refractivity contribution < 1.29 is 4.79 Å². The van der Waals surface area contributed by atoms with E-state index >= 15 is 0 Å². The maximum atomic E-state index is 12.8. The zero-order valence-corrected chi connectivity index (χ0v) is 17.0. The Labute approximate surface area is 168 Å². The van der Waals surface area contributed by atoms with Crippen LogP contribution in [0.1, 0.15) is 37.8 Å². The molecule has 1 unspecified atom stereocenters. The maximum absolute atomic E-state index is 12.8. The quantitative estimate of drug-likeness (QED) is 0.762. The normalized spacial score (nSPS) is 17.0. The van der Waals surface area contributed by atoms with Gasteiger partial charge in [-0.25, -0.2) is 4.98 Å². The van der Waals surface area contributed by atoms with Crippen molar-refractivity contribution in [3.8, 4) is 0 Å². The van der Waals surface area contributed by atoms with Crippen LogP contribution in [0.15, 0.2) is 42.9 Å². The first-order valence-corrected chi connectivity index (χ1v) is 10.3. The number of aromatic nitrogens is 2. The lowest BCUT2D eigenvalue weighted by molar-refractivity contribution is -0.125. The highest BCUT2D eigenvalue weighted by Crippen LogP contribution is 2.21. The Morgan fingerprint density at radius 2 is 2.00 bits per heavy atom. The molecule has 6 heteroatoms. The molecule has 3 rings (SSSR count). The third-order valence-electron chi connectivity index (χ3n) is 5.53. The average Bonchev–Trinajstić information content (AvgIpc) is 2.77. The zero-order valence-electron chi connectivity index (χ0n) is 17.0. The Balaban J connectivity index is 1.58. The molecule has 1 saturated heterocycles. The molecular formula is C22H31N5O. The molecule has 0 aliphatic carbocycles. The van der Waals surface area contributed by atoms with Crippen LogP contribution < -0.4 is 10.2 Å². The summed E-state index contributed by atoms with van der Waals surface area (Å²) >= 11 is 0. The van der Waals surface area contributed by atoms with Gasteiger partial charge < -0.3 is 10.2 Å². The number of carbonyl (C=O) groups is 1. The molecule has 1 aliphatic heterocycles.